The van der Waals surface area contributed by atoms with Crippen LogP contribution >= 0.6 is 23.2 Å². The number of nitrogens with one attached hydrogen (secondary N) is 2. The van der Waals surface area contributed by atoms with Crippen LogP contribution in [-0.4, -0.2) is 38.7 Å². The molecule has 2 fully saturated rings. The first-order chi connectivity index (χ1) is 15.1. The molecule has 2 aromatic carbocycles. The van der Waals surface area contributed by atoms with E-state index in [1.165, 1.54) is 0 Å². The van der Waals surface area contributed by atoms with Crippen molar-refractivity contribution in [1.29, 1.82) is 0 Å². The smallest absolute Gasteiger partial charge is 0.227 e. The van der Waals surface area contributed by atoms with Crippen LogP contribution in [0, 0.1) is 18.8 Å². The molecule has 3 heterocycles. The lowest BCUT2D eigenvalue weighted by Gasteiger charge is -2.10. The molecule has 1 aliphatic carbocycles. The Balaban J connectivity index is 1.57. The van der Waals surface area contributed by atoms with Gasteiger partial charge in [-0.2, -0.15) is 14.6 Å². The molecule has 1 saturated heterocycles. The highest BCUT2D eigenvalue weighted by atomic mass is 35.5. The third-order valence-electron chi connectivity index (χ3n) is 6.25. The molecule has 1 saturated carbocycles. The van der Waals surface area contributed by atoms with Crippen molar-refractivity contribution in [3.05, 3.63) is 64.4 Å². The van der Waals surface area contributed by atoms with Gasteiger partial charge in [0, 0.05) is 29.7 Å². The Morgan fingerprint density at radius 3 is 2.48 bits per heavy atom. The molecule has 0 bridgehead atoms. The van der Waals surface area contributed by atoms with Crippen molar-refractivity contribution in [1.82, 2.24) is 24.9 Å². The molecule has 2 unspecified atom stereocenters. The van der Waals surface area contributed by atoms with E-state index in [-0.39, 0.29) is 0 Å². The second-order valence-corrected chi connectivity index (χ2v) is 9.04. The molecule has 156 valence electrons. The van der Waals surface area contributed by atoms with Crippen molar-refractivity contribution in [2.24, 2.45) is 11.8 Å². The SMILES string of the molecule is Cc1nc(NC2C3CNCC32)n2nc(-c3ccccc3Cl)c(-c3ccc(Cl)cc3)c2n1. The van der Waals surface area contributed by atoms with Crippen LogP contribution in [-0.2, 0) is 0 Å². The summed E-state index contributed by atoms with van der Waals surface area (Å²) in [6, 6.07) is 15.9. The van der Waals surface area contributed by atoms with Crippen LogP contribution in [0.3, 0.4) is 0 Å². The number of nitrogens with zero attached hydrogens (tertiary/aromatic N) is 4. The molecular weight excluding hydrogens is 431 g/mol. The Morgan fingerprint density at radius 1 is 1.00 bits per heavy atom. The number of aryl methyl sites for hydroxylation is 1. The Bertz CT molecular complexity index is 1290. The number of fused-ring (bicyclic) bond motifs is 2. The van der Waals surface area contributed by atoms with Gasteiger partial charge in [0.25, 0.3) is 0 Å². The topological polar surface area (TPSA) is 67.1 Å². The zero-order valence-electron chi connectivity index (χ0n) is 16.8. The average Bonchev–Trinajstić information content (AvgIpc) is 3.09. The molecule has 2 aliphatic rings. The number of anilines is 1. The fourth-order valence-electron chi connectivity index (χ4n) is 4.64. The molecule has 0 spiro atoms. The zero-order chi connectivity index (χ0) is 21.1. The Kier molecular flexibility index (Phi) is 4.42. The minimum Gasteiger partial charge on any atom is -0.351 e. The van der Waals surface area contributed by atoms with Crippen molar-refractivity contribution in [2.45, 2.75) is 13.0 Å². The van der Waals surface area contributed by atoms with Crippen molar-refractivity contribution in [2.75, 3.05) is 18.4 Å². The molecular formula is C23H20Cl2N6. The molecule has 4 aromatic rings. The fraction of sp³-hybridized carbons (Fsp3) is 0.261. The number of hydrogen-bond acceptors (Lipinski definition) is 5. The van der Waals surface area contributed by atoms with Crippen molar-refractivity contribution in [3.8, 4) is 22.4 Å². The Morgan fingerprint density at radius 2 is 1.74 bits per heavy atom. The second-order valence-electron chi connectivity index (χ2n) is 8.20. The van der Waals surface area contributed by atoms with Crippen LogP contribution in [0.5, 0.6) is 0 Å². The van der Waals surface area contributed by atoms with Crippen LogP contribution in [0.4, 0.5) is 5.95 Å². The summed E-state index contributed by atoms with van der Waals surface area (Å²) >= 11 is 12.7. The van der Waals surface area contributed by atoms with Gasteiger partial charge in [-0.15, -0.1) is 0 Å². The molecule has 0 amide bonds. The first-order valence-electron chi connectivity index (χ1n) is 10.4. The summed E-state index contributed by atoms with van der Waals surface area (Å²) in [6.07, 6.45) is 0. The van der Waals surface area contributed by atoms with Crippen LogP contribution in [0.25, 0.3) is 28.0 Å². The maximum absolute atomic E-state index is 6.57. The molecule has 31 heavy (non-hydrogen) atoms. The van der Waals surface area contributed by atoms with Crippen LogP contribution < -0.4 is 10.6 Å². The number of rotatable bonds is 4. The summed E-state index contributed by atoms with van der Waals surface area (Å²) in [5, 5.41) is 13.3. The molecule has 2 aromatic heterocycles. The van der Waals surface area contributed by atoms with E-state index in [2.05, 4.69) is 10.6 Å². The summed E-state index contributed by atoms with van der Waals surface area (Å²) < 4.78 is 1.82. The highest BCUT2D eigenvalue weighted by Gasteiger charge is 2.53. The number of benzene rings is 2. The standard InChI is InChI=1S/C23H20Cl2N6/c1-12-27-22-19(13-6-8-14(24)9-7-13)21(15-4-2-3-5-18(15)25)30-31(22)23(28-12)29-20-16-10-26-11-17(16)20/h2-9,16-17,20,26H,10-11H2,1H3,(H,27,28,29). The van der Waals surface area contributed by atoms with Crippen LogP contribution in [0.1, 0.15) is 5.82 Å². The average molecular weight is 451 g/mol. The third kappa shape index (κ3) is 3.17. The normalized spacial score (nSPS) is 22.0. The fourth-order valence-corrected chi connectivity index (χ4v) is 4.99. The number of aromatic nitrogens is 4. The Labute approximate surface area is 189 Å². The molecule has 6 rings (SSSR count). The molecule has 2 N–H and O–H groups in total. The first-order valence-corrected chi connectivity index (χ1v) is 11.1. The summed E-state index contributed by atoms with van der Waals surface area (Å²) in [5.74, 6) is 2.72. The van der Waals surface area contributed by atoms with Crippen molar-refractivity contribution >= 4 is 34.8 Å². The number of halogens is 2. The van der Waals surface area contributed by atoms with Crippen molar-refractivity contribution in [3.63, 3.8) is 0 Å². The lowest BCUT2D eigenvalue weighted by molar-refractivity contribution is 0.689. The second kappa shape index (κ2) is 7.19. The molecule has 1 aliphatic heterocycles. The van der Waals surface area contributed by atoms with E-state index in [0.717, 1.165) is 47.1 Å². The van der Waals surface area contributed by atoms with E-state index >= 15 is 0 Å². The summed E-state index contributed by atoms with van der Waals surface area (Å²) in [7, 11) is 0. The number of piperidine rings is 1. The van der Waals surface area contributed by atoms with Gasteiger partial charge in [-0.05, 0) is 42.5 Å². The lowest BCUT2D eigenvalue weighted by Crippen LogP contribution is -2.23. The van der Waals surface area contributed by atoms with Gasteiger partial charge in [0.15, 0.2) is 5.65 Å². The molecule has 6 nitrogen and oxygen atoms in total. The van der Waals surface area contributed by atoms with Gasteiger partial charge in [-0.25, -0.2) is 4.98 Å². The van der Waals surface area contributed by atoms with Gasteiger partial charge < -0.3 is 10.6 Å². The molecule has 0 radical (unpaired) electrons. The van der Waals surface area contributed by atoms with E-state index in [4.69, 9.17) is 38.3 Å². The summed E-state index contributed by atoms with van der Waals surface area (Å²) in [4.78, 5) is 9.46. The minimum absolute atomic E-state index is 0.422. The lowest BCUT2D eigenvalue weighted by atomic mass is 10.0. The Hall–Kier alpha value is -2.67. The van der Waals surface area contributed by atoms with Gasteiger partial charge >= 0.3 is 0 Å². The predicted octanol–water partition coefficient (Wildman–Crippen LogP) is 4.70. The van der Waals surface area contributed by atoms with Gasteiger partial charge in [-0.1, -0.05) is 53.5 Å². The van der Waals surface area contributed by atoms with Gasteiger partial charge in [0.1, 0.15) is 11.5 Å². The maximum Gasteiger partial charge on any atom is 0.227 e. The van der Waals surface area contributed by atoms with E-state index in [1.54, 1.807) is 0 Å². The van der Waals surface area contributed by atoms with E-state index in [9.17, 15) is 0 Å². The minimum atomic E-state index is 0.422. The van der Waals surface area contributed by atoms with Gasteiger partial charge in [0.05, 0.1) is 10.6 Å². The van der Waals surface area contributed by atoms with Gasteiger partial charge in [0.2, 0.25) is 5.95 Å². The highest BCUT2D eigenvalue weighted by Crippen LogP contribution is 2.44. The zero-order valence-corrected chi connectivity index (χ0v) is 18.3. The largest absolute Gasteiger partial charge is 0.351 e. The monoisotopic (exact) mass is 450 g/mol. The molecule has 8 heteroatoms. The van der Waals surface area contributed by atoms with Crippen LogP contribution in [0.15, 0.2) is 48.5 Å². The number of hydrogen-bond donors (Lipinski definition) is 2. The van der Waals surface area contributed by atoms with Crippen LogP contribution in [0.2, 0.25) is 10.0 Å². The summed E-state index contributed by atoms with van der Waals surface area (Å²) in [6.45, 7) is 4.01. The third-order valence-corrected chi connectivity index (χ3v) is 6.83. The highest BCUT2D eigenvalue weighted by molar-refractivity contribution is 6.33. The first kappa shape index (κ1) is 19.0. The quantitative estimate of drug-likeness (QED) is 0.471. The summed E-state index contributed by atoms with van der Waals surface area (Å²) in [5.41, 5.74) is 4.27. The predicted molar refractivity (Wildman–Crippen MR) is 124 cm³/mol. The van der Waals surface area contributed by atoms with Gasteiger partial charge in [-0.3, -0.25) is 0 Å². The van der Waals surface area contributed by atoms with E-state index in [1.807, 2.05) is 60.0 Å². The van der Waals surface area contributed by atoms with E-state index < -0.39 is 0 Å². The maximum atomic E-state index is 6.57. The van der Waals surface area contributed by atoms with E-state index in [0.29, 0.717) is 33.7 Å². The van der Waals surface area contributed by atoms with Crippen molar-refractivity contribution < 1.29 is 0 Å². The molecule has 2 atom stereocenters.